The molecule has 1 N–H and O–H groups in total. The number of aliphatic hydroxyl groups excluding tert-OH is 1. The first-order valence-corrected chi connectivity index (χ1v) is 4.36. The normalized spacial score (nSPS) is 12.2. The molecule has 0 fully saturated rings. The minimum atomic E-state index is -0.811. The minimum absolute atomic E-state index is 0.0245. The quantitative estimate of drug-likeness (QED) is 0.755. The molecule has 0 aliphatic carbocycles. The standard InChI is InChI=1S/C9H7Cl2NO/c1-12-5-9(13)6-2-7(10)4-8(11)3-6/h2-4,9,13H,5H2. The summed E-state index contributed by atoms with van der Waals surface area (Å²) in [5.74, 6) is 0. The van der Waals surface area contributed by atoms with Crippen LogP contribution >= 0.6 is 23.2 Å². The second kappa shape index (κ2) is 4.48. The van der Waals surface area contributed by atoms with Crippen molar-refractivity contribution in [2.24, 2.45) is 0 Å². The highest BCUT2D eigenvalue weighted by Gasteiger charge is 2.11. The van der Waals surface area contributed by atoms with Crippen molar-refractivity contribution in [3.05, 3.63) is 45.2 Å². The highest BCUT2D eigenvalue weighted by molar-refractivity contribution is 6.34. The minimum Gasteiger partial charge on any atom is -0.381 e. The van der Waals surface area contributed by atoms with E-state index in [1.165, 1.54) is 0 Å². The van der Waals surface area contributed by atoms with Crippen LogP contribution in [0.4, 0.5) is 0 Å². The molecule has 1 atom stereocenters. The molecule has 68 valence electrons. The van der Waals surface area contributed by atoms with Gasteiger partial charge in [0.05, 0.1) is 0 Å². The molecule has 1 aromatic carbocycles. The lowest BCUT2D eigenvalue weighted by Gasteiger charge is -2.05. The molecule has 0 radical (unpaired) electrons. The summed E-state index contributed by atoms with van der Waals surface area (Å²) in [6, 6.07) is 4.78. The Morgan fingerprint density at radius 1 is 1.31 bits per heavy atom. The third-order valence-corrected chi connectivity index (χ3v) is 1.97. The van der Waals surface area contributed by atoms with Crippen LogP contribution in [0, 0.1) is 6.57 Å². The molecular weight excluding hydrogens is 209 g/mol. The Labute approximate surface area is 86.5 Å². The monoisotopic (exact) mass is 215 g/mol. The highest BCUT2D eigenvalue weighted by Crippen LogP contribution is 2.23. The molecule has 13 heavy (non-hydrogen) atoms. The molecule has 0 heterocycles. The zero-order valence-corrected chi connectivity index (χ0v) is 8.18. The maximum atomic E-state index is 9.44. The number of halogens is 2. The van der Waals surface area contributed by atoms with Crippen LogP contribution in [-0.4, -0.2) is 11.7 Å². The summed E-state index contributed by atoms with van der Waals surface area (Å²) < 4.78 is 0. The molecule has 0 aliphatic rings. The van der Waals surface area contributed by atoms with E-state index in [1.807, 2.05) is 0 Å². The summed E-state index contributed by atoms with van der Waals surface area (Å²) in [6.07, 6.45) is -0.811. The molecule has 1 aromatic rings. The van der Waals surface area contributed by atoms with Gasteiger partial charge in [-0.2, -0.15) is 0 Å². The first-order chi connectivity index (χ1) is 6.13. The topological polar surface area (TPSA) is 24.6 Å². The fourth-order valence-electron chi connectivity index (χ4n) is 0.959. The van der Waals surface area contributed by atoms with E-state index >= 15 is 0 Å². The van der Waals surface area contributed by atoms with Gasteiger partial charge in [0, 0.05) is 10.0 Å². The second-order valence-corrected chi connectivity index (χ2v) is 3.43. The van der Waals surface area contributed by atoms with E-state index in [-0.39, 0.29) is 6.54 Å². The fourth-order valence-corrected chi connectivity index (χ4v) is 1.50. The Morgan fingerprint density at radius 3 is 2.31 bits per heavy atom. The van der Waals surface area contributed by atoms with Crippen molar-refractivity contribution >= 4 is 23.2 Å². The van der Waals surface area contributed by atoms with Gasteiger partial charge in [-0.05, 0) is 23.8 Å². The molecule has 0 spiro atoms. The van der Waals surface area contributed by atoms with Crippen molar-refractivity contribution in [3.63, 3.8) is 0 Å². The van der Waals surface area contributed by atoms with Gasteiger partial charge < -0.3 is 9.95 Å². The van der Waals surface area contributed by atoms with Crippen LogP contribution in [0.25, 0.3) is 4.85 Å². The predicted octanol–water partition coefficient (Wildman–Crippen LogP) is 2.95. The maximum Gasteiger partial charge on any atom is 0.244 e. The summed E-state index contributed by atoms with van der Waals surface area (Å²) >= 11 is 11.4. The molecule has 1 unspecified atom stereocenters. The van der Waals surface area contributed by atoms with E-state index in [0.29, 0.717) is 15.6 Å². The third kappa shape index (κ3) is 2.89. The molecule has 0 saturated heterocycles. The van der Waals surface area contributed by atoms with Crippen LogP contribution in [0.5, 0.6) is 0 Å². The van der Waals surface area contributed by atoms with E-state index in [2.05, 4.69) is 4.85 Å². The van der Waals surface area contributed by atoms with Crippen molar-refractivity contribution < 1.29 is 5.11 Å². The Hall–Kier alpha value is -0.750. The Morgan fingerprint density at radius 2 is 1.85 bits per heavy atom. The highest BCUT2D eigenvalue weighted by atomic mass is 35.5. The first-order valence-electron chi connectivity index (χ1n) is 3.60. The average molecular weight is 216 g/mol. The summed E-state index contributed by atoms with van der Waals surface area (Å²) in [7, 11) is 0. The lowest BCUT2D eigenvalue weighted by Crippen LogP contribution is -1.99. The molecule has 0 amide bonds. The van der Waals surface area contributed by atoms with E-state index in [4.69, 9.17) is 29.8 Å². The van der Waals surface area contributed by atoms with Gasteiger partial charge in [0.1, 0.15) is 0 Å². The summed E-state index contributed by atoms with van der Waals surface area (Å²) in [5.41, 5.74) is 0.577. The molecule has 4 heteroatoms. The van der Waals surface area contributed by atoms with Crippen molar-refractivity contribution in [3.8, 4) is 0 Å². The summed E-state index contributed by atoms with van der Waals surface area (Å²) in [6.45, 7) is 6.61. The molecule has 1 rings (SSSR count). The SMILES string of the molecule is [C-]#[N+]CC(O)c1cc(Cl)cc(Cl)c1. The van der Waals surface area contributed by atoms with Crippen LogP contribution in [0.15, 0.2) is 18.2 Å². The summed E-state index contributed by atoms with van der Waals surface area (Å²) in [5, 5.41) is 10.4. The van der Waals surface area contributed by atoms with Gasteiger partial charge in [-0.1, -0.05) is 23.2 Å². The van der Waals surface area contributed by atoms with Crippen molar-refractivity contribution in [2.75, 3.05) is 6.54 Å². The van der Waals surface area contributed by atoms with E-state index in [9.17, 15) is 5.11 Å². The Balaban J connectivity index is 2.95. The van der Waals surface area contributed by atoms with Gasteiger partial charge in [-0.25, -0.2) is 6.57 Å². The largest absolute Gasteiger partial charge is 0.381 e. The van der Waals surface area contributed by atoms with Crippen LogP contribution in [0.1, 0.15) is 11.7 Å². The number of rotatable bonds is 2. The molecule has 0 saturated carbocycles. The van der Waals surface area contributed by atoms with Gasteiger partial charge in [-0.15, -0.1) is 0 Å². The Kier molecular flexibility index (Phi) is 3.56. The van der Waals surface area contributed by atoms with E-state index < -0.39 is 6.10 Å². The molecule has 2 nitrogen and oxygen atoms in total. The van der Waals surface area contributed by atoms with Gasteiger partial charge in [0.25, 0.3) is 0 Å². The van der Waals surface area contributed by atoms with Crippen LogP contribution < -0.4 is 0 Å². The Bertz CT molecular complexity index is 326. The van der Waals surface area contributed by atoms with Crippen molar-refractivity contribution in [1.29, 1.82) is 0 Å². The number of hydrogen-bond acceptors (Lipinski definition) is 1. The lowest BCUT2D eigenvalue weighted by atomic mass is 10.1. The van der Waals surface area contributed by atoms with Crippen molar-refractivity contribution in [1.82, 2.24) is 0 Å². The molecule has 0 aromatic heterocycles. The number of nitrogens with zero attached hydrogens (tertiary/aromatic N) is 1. The van der Waals surface area contributed by atoms with Gasteiger partial charge >= 0.3 is 0 Å². The number of benzene rings is 1. The summed E-state index contributed by atoms with van der Waals surface area (Å²) in [4.78, 5) is 3.09. The van der Waals surface area contributed by atoms with Crippen LogP contribution in [0.2, 0.25) is 10.0 Å². The number of hydrogen-bond donors (Lipinski definition) is 1. The smallest absolute Gasteiger partial charge is 0.244 e. The second-order valence-electron chi connectivity index (χ2n) is 2.56. The van der Waals surface area contributed by atoms with Crippen LogP contribution in [0.3, 0.4) is 0 Å². The molecular formula is C9H7Cl2NO. The maximum absolute atomic E-state index is 9.44. The number of aliphatic hydroxyl groups is 1. The van der Waals surface area contributed by atoms with Crippen molar-refractivity contribution in [2.45, 2.75) is 6.10 Å². The third-order valence-electron chi connectivity index (χ3n) is 1.53. The van der Waals surface area contributed by atoms with E-state index in [1.54, 1.807) is 18.2 Å². The fraction of sp³-hybridized carbons (Fsp3) is 0.222. The van der Waals surface area contributed by atoms with Crippen LogP contribution in [-0.2, 0) is 0 Å². The van der Waals surface area contributed by atoms with Gasteiger partial charge in [0.2, 0.25) is 6.54 Å². The predicted molar refractivity (Wildman–Crippen MR) is 52.9 cm³/mol. The lowest BCUT2D eigenvalue weighted by molar-refractivity contribution is 0.195. The molecule has 0 bridgehead atoms. The molecule has 0 aliphatic heterocycles. The zero-order valence-electron chi connectivity index (χ0n) is 6.67. The van der Waals surface area contributed by atoms with E-state index in [0.717, 1.165) is 0 Å². The van der Waals surface area contributed by atoms with Gasteiger partial charge in [0.15, 0.2) is 6.10 Å². The van der Waals surface area contributed by atoms with Gasteiger partial charge in [-0.3, -0.25) is 0 Å². The average Bonchev–Trinajstić information content (AvgIpc) is 2.03. The zero-order chi connectivity index (χ0) is 9.84. The first kappa shape index (κ1) is 10.3.